The lowest BCUT2D eigenvalue weighted by molar-refractivity contribution is -0.115. The van der Waals surface area contributed by atoms with Crippen molar-refractivity contribution in [2.75, 3.05) is 0 Å². The maximum Gasteiger partial charge on any atom is 0.244 e. The lowest BCUT2D eigenvalue weighted by Gasteiger charge is -2.23. The highest BCUT2D eigenvalue weighted by atomic mass is 35.5. The molecule has 0 aromatic carbocycles. The van der Waals surface area contributed by atoms with Crippen LogP contribution in [-0.4, -0.2) is 11.3 Å². The predicted molar refractivity (Wildman–Crippen MR) is 36.2 cm³/mol. The van der Waals surface area contributed by atoms with Crippen molar-refractivity contribution in [1.82, 2.24) is 0 Å². The summed E-state index contributed by atoms with van der Waals surface area (Å²) in [4.78, 5) is 10.4. The third kappa shape index (κ3) is 0.944. The van der Waals surface area contributed by atoms with Crippen molar-refractivity contribution >= 4 is 17.5 Å². The molecule has 3 heteroatoms. The van der Waals surface area contributed by atoms with Crippen LogP contribution in [0, 0.1) is 0 Å². The molecular weight excluding hydrogens is 138 g/mol. The second-order valence-corrected chi connectivity index (χ2v) is 2.72. The molecule has 1 atom stereocenters. The molecule has 2 nitrogen and oxygen atoms in total. The number of nitrogens with two attached hydrogens (primary N) is 1. The van der Waals surface area contributed by atoms with E-state index >= 15 is 0 Å². The summed E-state index contributed by atoms with van der Waals surface area (Å²) in [7, 11) is 0. The van der Waals surface area contributed by atoms with Gasteiger partial charge in [-0.15, -0.1) is 11.6 Å². The Kier molecular flexibility index (Phi) is 1.49. The highest BCUT2D eigenvalue weighted by Gasteiger charge is 2.26. The molecule has 1 aliphatic carbocycles. The number of rotatable bonds is 1. The van der Waals surface area contributed by atoms with E-state index in [0.717, 1.165) is 5.57 Å². The zero-order valence-corrected chi connectivity index (χ0v) is 5.90. The average Bonchev–Trinajstić information content (AvgIpc) is 1.81. The minimum Gasteiger partial charge on any atom is -0.366 e. The molecule has 0 spiro atoms. The summed E-state index contributed by atoms with van der Waals surface area (Å²) in [6.07, 6.45) is 0.642. The molecule has 0 unspecified atom stereocenters. The topological polar surface area (TPSA) is 43.1 Å². The minimum absolute atomic E-state index is 0.0486. The normalized spacial score (nSPS) is 25.8. The molecule has 9 heavy (non-hydrogen) atoms. The molecule has 0 radical (unpaired) electrons. The van der Waals surface area contributed by atoms with Crippen molar-refractivity contribution in [2.24, 2.45) is 5.73 Å². The van der Waals surface area contributed by atoms with E-state index in [0.29, 0.717) is 12.0 Å². The van der Waals surface area contributed by atoms with Gasteiger partial charge in [0.05, 0.1) is 5.38 Å². The van der Waals surface area contributed by atoms with Gasteiger partial charge in [-0.3, -0.25) is 4.79 Å². The molecule has 2 N–H and O–H groups in total. The molecule has 0 aromatic heterocycles. The molecule has 1 rings (SSSR count). The predicted octanol–water partition coefficient (Wildman–Crippen LogP) is 0.799. The summed E-state index contributed by atoms with van der Waals surface area (Å²) in [6, 6.07) is 0. The van der Waals surface area contributed by atoms with Gasteiger partial charge in [0, 0.05) is 5.57 Å². The van der Waals surface area contributed by atoms with E-state index in [1.165, 1.54) is 0 Å². The van der Waals surface area contributed by atoms with Gasteiger partial charge in [-0.25, -0.2) is 0 Å². The molecule has 0 fully saturated rings. The Hall–Kier alpha value is -0.500. The van der Waals surface area contributed by atoms with Gasteiger partial charge in [0.1, 0.15) is 0 Å². The van der Waals surface area contributed by atoms with Crippen LogP contribution < -0.4 is 5.73 Å². The van der Waals surface area contributed by atoms with Crippen molar-refractivity contribution in [3.8, 4) is 0 Å². The molecule has 0 heterocycles. The molecule has 0 saturated heterocycles. The highest BCUT2D eigenvalue weighted by molar-refractivity contribution is 6.24. The first-order valence-electron chi connectivity index (χ1n) is 2.76. The smallest absolute Gasteiger partial charge is 0.244 e. The molecule has 0 bridgehead atoms. The van der Waals surface area contributed by atoms with Gasteiger partial charge in [-0.1, -0.05) is 0 Å². The zero-order chi connectivity index (χ0) is 7.02. The van der Waals surface area contributed by atoms with Gasteiger partial charge in [0.25, 0.3) is 0 Å². The van der Waals surface area contributed by atoms with Crippen molar-refractivity contribution in [1.29, 1.82) is 0 Å². The van der Waals surface area contributed by atoms with Crippen LogP contribution in [0.1, 0.15) is 13.3 Å². The molecular formula is C6H8ClNO. The molecule has 50 valence electrons. The Bertz CT molecular complexity index is 185. The Morgan fingerprint density at radius 1 is 1.89 bits per heavy atom. The van der Waals surface area contributed by atoms with Gasteiger partial charge in [0.2, 0.25) is 5.91 Å². The summed E-state index contributed by atoms with van der Waals surface area (Å²) >= 11 is 5.67. The first-order chi connectivity index (χ1) is 4.13. The highest BCUT2D eigenvalue weighted by Crippen LogP contribution is 2.31. The number of hydrogen-bond donors (Lipinski definition) is 1. The fraction of sp³-hybridized carbons (Fsp3) is 0.500. The van der Waals surface area contributed by atoms with E-state index in [9.17, 15) is 4.79 Å². The minimum atomic E-state index is -0.329. The molecule has 0 aromatic rings. The first kappa shape index (κ1) is 6.62. The Labute approximate surface area is 58.7 Å². The van der Waals surface area contributed by atoms with Crippen LogP contribution in [0.4, 0.5) is 0 Å². The summed E-state index contributed by atoms with van der Waals surface area (Å²) in [5.74, 6) is -0.329. The van der Waals surface area contributed by atoms with Crippen LogP contribution in [0.2, 0.25) is 0 Å². The number of hydrogen-bond acceptors (Lipinski definition) is 1. The third-order valence-electron chi connectivity index (χ3n) is 1.63. The maximum atomic E-state index is 10.4. The van der Waals surface area contributed by atoms with E-state index in [-0.39, 0.29) is 11.3 Å². The van der Waals surface area contributed by atoms with Gasteiger partial charge in [-0.05, 0) is 18.9 Å². The Morgan fingerprint density at radius 2 is 2.44 bits per heavy atom. The van der Waals surface area contributed by atoms with Crippen LogP contribution in [-0.2, 0) is 4.79 Å². The number of carbonyl (C=O) groups excluding carboxylic acids is 1. The Morgan fingerprint density at radius 3 is 2.56 bits per heavy atom. The van der Waals surface area contributed by atoms with Crippen LogP contribution >= 0.6 is 11.6 Å². The van der Waals surface area contributed by atoms with E-state index in [2.05, 4.69) is 0 Å². The number of primary amides is 1. The SMILES string of the molecule is CC1=C(C(N)=O)C[C@H]1Cl. The lowest BCUT2D eigenvalue weighted by atomic mass is 9.89. The average molecular weight is 146 g/mol. The van der Waals surface area contributed by atoms with Gasteiger partial charge in [-0.2, -0.15) is 0 Å². The molecule has 1 amide bonds. The number of amides is 1. The van der Waals surface area contributed by atoms with Crippen molar-refractivity contribution < 1.29 is 4.79 Å². The second kappa shape index (κ2) is 2.03. The monoisotopic (exact) mass is 145 g/mol. The first-order valence-corrected chi connectivity index (χ1v) is 3.20. The number of halogens is 1. The molecule has 0 aliphatic heterocycles. The summed E-state index contributed by atoms with van der Waals surface area (Å²) in [5, 5.41) is 0.0486. The molecule has 1 aliphatic rings. The fourth-order valence-corrected chi connectivity index (χ4v) is 1.13. The van der Waals surface area contributed by atoms with Crippen LogP contribution in [0.15, 0.2) is 11.1 Å². The fourth-order valence-electron chi connectivity index (χ4n) is 0.846. The quantitative estimate of drug-likeness (QED) is 0.545. The summed E-state index contributed by atoms with van der Waals surface area (Å²) in [6.45, 7) is 1.83. The van der Waals surface area contributed by atoms with E-state index in [1.54, 1.807) is 0 Å². The van der Waals surface area contributed by atoms with Crippen molar-refractivity contribution in [3.05, 3.63) is 11.1 Å². The zero-order valence-electron chi connectivity index (χ0n) is 5.15. The molecule has 0 saturated carbocycles. The number of carbonyl (C=O) groups is 1. The van der Waals surface area contributed by atoms with Crippen LogP contribution in [0.5, 0.6) is 0 Å². The van der Waals surface area contributed by atoms with Gasteiger partial charge in [0.15, 0.2) is 0 Å². The largest absolute Gasteiger partial charge is 0.366 e. The summed E-state index contributed by atoms with van der Waals surface area (Å²) in [5.41, 5.74) is 6.63. The number of allylic oxidation sites excluding steroid dienone is 1. The third-order valence-corrected chi connectivity index (χ3v) is 2.11. The second-order valence-electron chi connectivity index (χ2n) is 2.20. The standard InChI is InChI=1S/C6H8ClNO/c1-3-4(6(8)9)2-5(3)7/h5H,2H2,1H3,(H2,8,9)/t5-/m1/s1. The van der Waals surface area contributed by atoms with Gasteiger partial charge >= 0.3 is 0 Å². The lowest BCUT2D eigenvalue weighted by Crippen LogP contribution is -2.27. The van der Waals surface area contributed by atoms with E-state index in [4.69, 9.17) is 17.3 Å². The van der Waals surface area contributed by atoms with Crippen LogP contribution in [0.25, 0.3) is 0 Å². The van der Waals surface area contributed by atoms with Gasteiger partial charge < -0.3 is 5.73 Å². The maximum absolute atomic E-state index is 10.4. The van der Waals surface area contributed by atoms with E-state index < -0.39 is 0 Å². The van der Waals surface area contributed by atoms with Crippen molar-refractivity contribution in [2.45, 2.75) is 18.7 Å². The van der Waals surface area contributed by atoms with E-state index in [1.807, 2.05) is 6.92 Å². The Balaban J connectivity index is 2.76. The summed E-state index contributed by atoms with van der Waals surface area (Å²) < 4.78 is 0. The van der Waals surface area contributed by atoms with Crippen LogP contribution in [0.3, 0.4) is 0 Å². The number of alkyl halides is 1. The van der Waals surface area contributed by atoms with Crippen molar-refractivity contribution in [3.63, 3.8) is 0 Å².